The molecule has 0 amide bonds. The average molecular weight is 180 g/mol. The first-order valence-electron chi connectivity index (χ1n) is 3.94. The van der Waals surface area contributed by atoms with Crippen LogP contribution in [0.3, 0.4) is 0 Å². The molecule has 4 nitrogen and oxygen atoms in total. The van der Waals surface area contributed by atoms with Crippen LogP contribution >= 0.6 is 0 Å². The molecule has 1 heterocycles. The van der Waals surface area contributed by atoms with Gasteiger partial charge in [0, 0.05) is 25.3 Å². The maximum atomic E-state index is 11.2. The second-order valence-electron chi connectivity index (χ2n) is 2.70. The number of nitrogens with two attached hydrogens (primary N) is 1. The number of anilines is 1. The molecular weight excluding hydrogens is 168 g/mol. The molecule has 0 aromatic carbocycles. The summed E-state index contributed by atoms with van der Waals surface area (Å²) >= 11 is 0. The zero-order valence-corrected chi connectivity index (χ0v) is 7.49. The van der Waals surface area contributed by atoms with E-state index in [1.54, 1.807) is 18.3 Å². The lowest BCUT2D eigenvalue weighted by Crippen LogP contribution is -2.11. The van der Waals surface area contributed by atoms with Crippen molar-refractivity contribution in [3.63, 3.8) is 0 Å². The van der Waals surface area contributed by atoms with E-state index in [-0.39, 0.29) is 18.8 Å². The van der Waals surface area contributed by atoms with Gasteiger partial charge in [-0.1, -0.05) is 6.07 Å². The second-order valence-corrected chi connectivity index (χ2v) is 2.70. The molecular formula is C9H12N2O2. The molecule has 1 aromatic heterocycles. The molecule has 1 aromatic rings. The third-order valence-corrected chi connectivity index (χ3v) is 1.62. The molecule has 0 atom stereocenters. The van der Waals surface area contributed by atoms with E-state index in [1.807, 2.05) is 0 Å². The normalized spacial score (nSPS) is 9.92. The van der Waals surface area contributed by atoms with Gasteiger partial charge in [-0.05, 0) is 6.07 Å². The quantitative estimate of drug-likeness (QED) is 0.729. The van der Waals surface area contributed by atoms with Crippen molar-refractivity contribution in [2.75, 3.05) is 19.5 Å². The molecule has 0 saturated carbocycles. The minimum absolute atomic E-state index is 0.00204. The van der Waals surface area contributed by atoms with E-state index in [0.717, 1.165) is 5.56 Å². The van der Waals surface area contributed by atoms with E-state index >= 15 is 0 Å². The Morgan fingerprint density at radius 3 is 3.08 bits per heavy atom. The van der Waals surface area contributed by atoms with Crippen molar-refractivity contribution in [3.05, 3.63) is 23.9 Å². The molecule has 70 valence electrons. The third kappa shape index (κ3) is 2.83. The van der Waals surface area contributed by atoms with E-state index < -0.39 is 0 Å². The topological polar surface area (TPSA) is 65.2 Å². The first-order chi connectivity index (χ1) is 6.24. The van der Waals surface area contributed by atoms with Gasteiger partial charge < -0.3 is 10.5 Å². The number of carbonyl (C=O) groups is 1. The van der Waals surface area contributed by atoms with E-state index in [1.165, 1.54) is 7.11 Å². The van der Waals surface area contributed by atoms with Crippen LogP contribution in [0.15, 0.2) is 18.3 Å². The van der Waals surface area contributed by atoms with Crippen molar-refractivity contribution in [1.82, 2.24) is 4.98 Å². The molecule has 0 fully saturated rings. The summed E-state index contributed by atoms with van der Waals surface area (Å²) in [5.41, 5.74) is 6.32. The zero-order valence-electron chi connectivity index (χ0n) is 7.49. The Hall–Kier alpha value is -1.42. The summed E-state index contributed by atoms with van der Waals surface area (Å²) in [5, 5.41) is 0. The monoisotopic (exact) mass is 180 g/mol. The van der Waals surface area contributed by atoms with Crippen LogP contribution in [0.2, 0.25) is 0 Å². The molecule has 0 aliphatic heterocycles. The predicted molar refractivity (Wildman–Crippen MR) is 49.2 cm³/mol. The fourth-order valence-corrected chi connectivity index (χ4v) is 1.02. The number of nitrogen functional groups attached to an aromatic ring is 1. The Kier molecular flexibility index (Phi) is 3.40. The SMILES string of the molecule is COCC(=O)Cc1cccnc1N. The van der Waals surface area contributed by atoms with Crippen molar-refractivity contribution >= 4 is 11.6 Å². The number of Topliss-reactive ketones (excluding diaryl/α,β-unsaturated/α-hetero) is 1. The molecule has 13 heavy (non-hydrogen) atoms. The lowest BCUT2D eigenvalue weighted by molar-refractivity contribution is -0.121. The lowest BCUT2D eigenvalue weighted by atomic mass is 10.1. The van der Waals surface area contributed by atoms with E-state index in [0.29, 0.717) is 5.82 Å². The first-order valence-corrected chi connectivity index (χ1v) is 3.94. The molecule has 0 bridgehead atoms. The predicted octanol–water partition coefficient (Wildman–Crippen LogP) is 0.422. The summed E-state index contributed by atoms with van der Waals surface area (Å²) < 4.78 is 4.70. The maximum absolute atomic E-state index is 11.2. The number of nitrogens with zero attached hydrogens (tertiary/aromatic N) is 1. The summed E-state index contributed by atoms with van der Waals surface area (Å²) in [7, 11) is 1.49. The van der Waals surface area contributed by atoms with Gasteiger partial charge in [0.25, 0.3) is 0 Å². The van der Waals surface area contributed by atoms with Gasteiger partial charge in [-0.2, -0.15) is 0 Å². The van der Waals surface area contributed by atoms with Crippen LogP contribution < -0.4 is 5.73 Å². The highest BCUT2D eigenvalue weighted by Crippen LogP contribution is 2.07. The van der Waals surface area contributed by atoms with Gasteiger partial charge >= 0.3 is 0 Å². The van der Waals surface area contributed by atoms with E-state index in [9.17, 15) is 4.79 Å². The number of hydrogen-bond donors (Lipinski definition) is 1. The third-order valence-electron chi connectivity index (χ3n) is 1.62. The molecule has 0 spiro atoms. The van der Waals surface area contributed by atoms with E-state index in [2.05, 4.69) is 4.98 Å². The molecule has 0 radical (unpaired) electrons. The molecule has 4 heteroatoms. The summed E-state index contributed by atoms with van der Waals surface area (Å²) in [6.07, 6.45) is 1.88. The highest BCUT2D eigenvalue weighted by molar-refractivity contribution is 5.83. The zero-order chi connectivity index (χ0) is 9.68. The summed E-state index contributed by atoms with van der Waals surface area (Å²) in [6, 6.07) is 3.54. The summed E-state index contributed by atoms with van der Waals surface area (Å²) in [5.74, 6) is 0.411. The lowest BCUT2D eigenvalue weighted by Gasteiger charge is -2.02. The van der Waals surface area contributed by atoms with Gasteiger partial charge in [0.2, 0.25) is 0 Å². The number of rotatable bonds is 4. The largest absolute Gasteiger partial charge is 0.383 e. The van der Waals surface area contributed by atoms with Crippen molar-refractivity contribution in [2.45, 2.75) is 6.42 Å². The van der Waals surface area contributed by atoms with Gasteiger partial charge in [0.15, 0.2) is 5.78 Å². The van der Waals surface area contributed by atoms with Crippen LogP contribution in [-0.2, 0) is 16.0 Å². The van der Waals surface area contributed by atoms with Crippen LogP contribution in [0.5, 0.6) is 0 Å². The Labute approximate surface area is 76.7 Å². The number of methoxy groups -OCH3 is 1. The fourth-order valence-electron chi connectivity index (χ4n) is 1.02. The number of carbonyl (C=O) groups excluding carboxylic acids is 1. The summed E-state index contributed by atoms with van der Waals surface area (Å²) in [4.78, 5) is 15.0. The van der Waals surface area contributed by atoms with Crippen LogP contribution in [0.1, 0.15) is 5.56 Å². The van der Waals surface area contributed by atoms with Gasteiger partial charge in [0.1, 0.15) is 12.4 Å². The molecule has 0 unspecified atom stereocenters. The standard InChI is InChI=1S/C9H12N2O2/c1-13-6-8(12)5-7-3-2-4-11-9(7)10/h2-4H,5-6H2,1H3,(H2,10,11). The Bertz CT molecular complexity index is 299. The minimum atomic E-state index is 0.00204. The van der Waals surface area contributed by atoms with Gasteiger partial charge in [-0.3, -0.25) is 4.79 Å². The number of ketones is 1. The highest BCUT2D eigenvalue weighted by Gasteiger charge is 2.05. The number of ether oxygens (including phenoxy) is 1. The van der Waals surface area contributed by atoms with Crippen LogP contribution in [0.4, 0.5) is 5.82 Å². The molecule has 0 aliphatic rings. The van der Waals surface area contributed by atoms with Gasteiger partial charge in [0.05, 0.1) is 0 Å². The van der Waals surface area contributed by atoms with E-state index in [4.69, 9.17) is 10.5 Å². The van der Waals surface area contributed by atoms with Crippen LogP contribution in [0.25, 0.3) is 0 Å². The number of hydrogen-bond acceptors (Lipinski definition) is 4. The molecule has 1 rings (SSSR count). The van der Waals surface area contributed by atoms with Crippen molar-refractivity contribution in [2.24, 2.45) is 0 Å². The van der Waals surface area contributed by atoms with Gasteiger partial charge in [-0.25, -0.2) is 4.98 Å². The van der Waals surface area contributed by atoms with Crippen molar-refractivity contribution in [1.29, 1.82) is 0 Å². The Morgan fingerprint density at radius 1 is 1.69 bits per heavy atom. The highest BCUT2D eigenvalue weighted by atomic mass is 16.5. The number of pyridine rings is 1. The maximum Gasteiger partial charge on any atom is 0.162 e. The van der Waals surface area contributed by atoms with Crippen LogP contribution in [-0.4, -0.2) is 24.5 Å². The summed E-state index contributed by atoms with van der Waals surface area (Å²) in [6.45, 7) is 0.119. The fraction of sp³-hybridized carbons (Fsp3) is 0.333. The van der Waals surface area contributed by atoms with Gasteiger partial charge in [-0.15, -0.1) is 0 Å². The smallest absolute Gasteiger partial charge is 0.162 e. The van der Waals surface area contributed by atoms with Crippen molar-refractivity contribution in [3.8, 4) is 0 Å². The Morgan fingerprint density at radius 2 is 2.46 bits per heavy atom. The molecule has 0 aliphatic carbocycles. The minimum Gasteiger partial charge on any atom is -0.383 e. The average Bonchev–Trinajstić information content (AvgIpc) is 2.09. The molecule has 0 saturated heterocycles. The van der Waals surface area contributed by atoms with Crippen molar-refractivity contribution < 1.29 is 9.53 Å². The second kappa shape index (κ2) is 4.57. The van der Waals surface area contributed by atoms with Crippen LogP contribution in [0, 0.1) is 0 Å². The first kappa shape index (κ1) is 9.67. The molecule has 2 N–H and O–H groups in total. The Balaban J connectivity index is 2.63. The number of aromatic nitrogens is 1.